The lowest BCUT2D eigenvalue weighted by atomic mass is 10.2. The normalized spacial score (nSPS) is 15.3. The zero-order valence-electron chi connectivity index (χ0n) is 10.7. The highest BCUT2D eigenvalue weighted by Crippen LogP contribution is 2.20. The number of rotatable bonds is 4. The number of hydrogen-bond acceptors (Lipinski definition) is 6. The Bertz CT molecular complexity index is 612. The van der Waals surface area contributed by atoms with E-state index in [0.29, 0.717) is 17.1 Å². The van der Waals surface area contributed by atoms with E-state index in [1.54, 1.807) is 17.9 Å². The lowest BCUT2D eigenvalue weighted by Crippen LogP contribution is -2.43. The molecule has 0 aromatic carbocycles. The van der Waals surface area contributed by atoms with Gasteiger partial charge < -0.3 is 10.1 Å². The van der Waals surface area contributed by atoms with Crippen LogP contribution in [-0.4, -0.2) is 50.8 Å². The number of ether oxygens (including phenoxy) is 1. The number of carbonyl (C=O) groups excluding carboxylic acids is 1. The summed E-state index contributed by atoms with van der Waals surface area (Å²) in [6, 6.07) is 0.280. The summed E-state index contributed by atoms with van der Waals surface area (Å²) in [6.45, 7) is 1.71. The molecule has 0 bridgehead atoms. The molecule has 0 spiro atoms. The van der Waals surface area contributed by atoms with Crippen LogP contribution in [-0.2, 0) is 7.05 Å². The van der Waals surface area contributed by atoms with Crippen LogP contribution in [0.2, 0.25) is 0 Å². The zero-order valence-corrected chi connectivity index (χ0v) is 10.7. The molecule has 0 amide bonds. The van der Waals surface area contributed by atoms with E-state index < -0.39 is 0 Å². The Labute approximate surface area is 109 Å². The fourth-order valence-electron chi connectivity index (χ4n) is 1.97. The third kappa shape index (κ3) is 1.89. The van der Waals surface area contributed by atoms with Gasteiger partial charge in [-0.3, -0.25) is 9.48 Å². The molecule has 100 valence electrons. The summed E-state index contributed by atoms with van der Waals surface area (Å²) in [5.74, 6) is 0.197. The maximum absolute atomic E-state index is 12.4. The molecule has 0 radical (unpaired) electrons. The molecule has 1 N–H and O–H groups in total. The molecule has 1 saturated heterocycles. The largest absolute Gasteiger partial charge is 0.493 e. The van der Waals surface area contributed by atoms with Gasteiger partial charge in [0.05, 0.1) is 25.5 Å². The molecule has 1 fully saturated rings. The van der Waals surface area contributed by atoms with E-state index >= 15 is 0 Å². The van der Waals surface area contributed by atoms with Crippen LogP contribution in [0.25, 0.3) is 0 Å². The number of nitrogens with zero attached hydrogens (tertiary/aromatic N) is 5. The third-order valence-corrected chi connectivity index (χ3v) is 3.22. The molecule has 1 aliphatic heterocycles. The van der Waals surface area contributed by atoms with Crippen molar-refractivity contribution in [3.05, 3.63) is 23.8 Å². The second kappa shape index (κ2) is 4.47. The number of carbonyl (C=O) groups is 1. The van der Waals surface area contributed by atoms with Gasteiger partial charge in [-0.1, -0.05) is 5.21 Å². The fourth-order valence-corrected chi connectivity index (χ4v) is 1.97. The van der Waals surface area contributed by atoms with Gasteiger partial charge >= 0.3 is 0 Å². The van der Waals surface area contributed by atoms with E-state index in [1.165, 1.54) is 18.0 Å². The molecular formula is C11H14N6O2. The predicted molar refractivity (Wildman–Crippen MR) is 65.1 cm³/mol. The molecule has 0 saturated carbocycles. The first-order chi connectivity index (χ1) is 9.20. The summed E-state index contributed by atoms with van der Waals surface area (Å²) in [5.41, 5.74) is 0.676. The highest BCUT2D eigenvalue weighted by Gasteiger charge is 2.25. The first-order valence-electron chi connectivity index (χ1n) is 5.94. The molecule has 0 aliphatic carbocycles. The molecule has 3 rings (SSSR count). The van der Waals surface area contributed by atoms with Crippen molar-refractivity contribution in [2.45, 2.75) is 6.04 Å². The van der Waals surface area contributed by atoms with Crippen LogP contribution in [0.3, 0.4) is 0 Å². The highest BCUT2D eigenvalue weighted by molar-refractivity contribution is 6.08. The maximum Gasteiger partial charge on any atom is 0.236 e. The van der Waals surface area contributed by atoms with Gasteiger partial charge in [-0.05, 0) is 0 Å². The van der Waals surface area contributed by atoms with Crippen molar-refractivity contribution in [2.24, 2.45) is 7.05 Å². The van der Waals surface area contributed by atoms with Gasteiger partial charge in [-0.25, -0.2) is 4.68 Å². The number of hydrogen-bond donors (Lipinski definition) is 1. The van der Waals surface area contributed by atoms with Gasteiger partial charge in [0, 0.05) is 20.1 Å². The Kier molecular flexibility index (Phi) is 2.79. The van der Waals surface area contributed by atoms with Crippen LogP contribution in [0, 0.1) is 0 Å². The van der Waals surface area contributed by atoms with E-state index in [4.69, 9.17) is 4.74 Å². The van der Waals surface area contributed by atoms with E-state index in [0.717, 1.165) is 13.1 Å². The molecule has 1 aliphatic rings. The minimum Gasteiger partial charge on any atom is -0.493 e. The van der Waals surface area contributed by atoms with E-state index in [2.05, 4.69) is 20.7 Å². The van der Waals surface area contributed by atoms with Crippen molar-refractivity contribution in [3.63, 3.8) is 0 Å². The van der Waals surface area contributed by atoms with Crippen molar-refractivity contribution in [1.82, 2.24) is 30.1 Å². The SMILES string of the molecule is COc1cnn(C)c1C(=O)c1cn(C2CNC2)nn1. The number of aryl methyl sites for hydroxylation is 1. The number of ketones is 1. The second-order valence-electron chi connectivity index (χ2n) is 4.41. The number of aromatic nitrogens is 5. The maximum atomic E-state index is 12.4. The van der Waals surface area contributed by atoms with Crippen LogP contribution in [0.15, 0.2) is 12.4 Å². The Morgan fingerprint density at radius 3 is 2.95 bits per heavy atom. The van der Waals surface area contributed by atoms with Crippen molar-refractivity contribution in [2.75, 3.05) is 20.2 Å². The summed E-state index contributed by atoms with van der Waals surface area (Å²) in [6.07, 6.45) is 3.17. The molecule has 0 unspecified atom stereocenters. The van der Waals surface area contributed by atoms with Gasteiger partial charge in [0.2, 0.25) is 5.78 Å². The summed E-state index contributed by atoms with van der Waals surface area (Å²) < 4.78 is 8.32. The van der Waals surface area contributed by atoms with Crippen LogP contribution in [0.5, 0.6) is 5.75 Å². The number of nitrogens with one attached hydrogen (secondary N) is 1. The van der Waals surface area contributed by atoms with E-state index in [1.807, 2.05) is 0 Å². The van der Waals surface area contributed by atoms with Crippen LogP contribution in [0.4, 0.5) is 0 Å². The predicted octanol–water partition coefficient (Wildman–Crippen LogP) is -0.604. The quantitative estimate of drug-likeness (QED) is 0.740. The fraction of sp³-hybridized carbons (Fsp3) is 0.455. The Balaban J connectivity index is 1.90. The lowest BCUT2D eigenvalue weighted by molar-refractivity contribution is 0.102. The second-order valence-corrected chi connectivity index (χ2v) is 4.41. The smallest absolute Gasteiger partial charge is 0.236 e. The Morgan fingerprint density at radius 1 is 1.53 bits per heavy atom. The first kappa shape index (κ1) is 11.8. The van der Waals surface area contributed by atoms with Gasteiger partial charge in [0.1, 0.15) is 0 Å². The Morgan fingerprint density at radius 2 is 2.32 bits per heavy atom. The molecule has 19 heavy (non-hydrogen) atoms. The Hall–Kier alpha value is -2.22. The zero-order chi connectivity index (χ0) is 13.4. The van der Waals surface area contributed by atoms with Gasteiger partial charge in [0.15, 0.2) is 17.1 Å². The van der Waals surface area contributed by atoms with Crippen molar-refractivity contribution in [1.29, 1.82) is 0 Å². The van der Waals surface area contributed by atoms with Crippen molar-refractivity contribution >= 4 is 5.78 Å². The van der Waals surface area contributed by atoms with Gasteiger partial charge in [-0.15, -0.1) is 5.10 Å². The standard InChI is InChI=1S/C11H14N6O2/c1-16-10(9(19-2)5-13-16)11(18)8-6-17(15-14-8)7-3-12-4-7/h5-7,12H,3-4H2,1-2H3. The minimum absolute atomic E-state index is 0.240. The summed E-state index contributed by atoms with van der Waals surface area (Å²) >= 11 is 0. The van der Waals surface area contributed by atoms with Crippen LogP contribution in [0.1, 0.15) is 22.2 Å². The molecule has 3 heterocycles. The van der Waals surface area contributed by atoms with Gasteiger partial charge in [-0.2, -0.15) is 5.10 Å². The van der Waals surface area contributed by atoms with E-state index in [-0.39, 0.29) is 11.8 Å². The molecule has 2 aromatic heterocycles. The van der Waals surface area contributed by atoms with Crippen LogP contribution >= 0.6 is 0 Å². The summed E-state index contributed by atoms with van der Waals surface area (Å²) in [5, 5.41) is 15.1. The highest BCUT2D eigenvalue weighted by atomic mass is 16.5. The van der Waals surface area contributed by atoms with Crippen LogP contribution < -0.4 is 10.1 Å². The average Bonchev–Trinajstić information content (AvgIpc) is 2.93. The molecule has 8 heteroatoms. The molecule has 8 nitrogen and oxygen atoms in total. The monoisotopic (exact) mass is 262 g/mol. The topological polar surface area (TPSA) is 86.9 Å². The number of methoxy groups -OCH3 is 1. The van der Waals surface area contributed by atoms with Gasteiger partial charge in [0.25, 0.3) is 0 Å². The molecular weight excluding hydrogens is 248 g/mol. The third-order valence-electron chi connectivity index (χ3n) is 3.22. The molecule has 2 aromatic rings. The summed E-state index contributed by atoms with van der Waals surface area (Å²) in [7, 11) is 3.20. The average molecular weight is 262 g/mol. The molecule has 0 atom stereocenters. The van der Waals surface area contributed by atoms with E-state index in [9.17, 15) is 4.79 Å². The lowest BCUT2D eigenvalue weighted by Gasteiger charge is -2.26. The first-order valence-corrected chi connectivity index (χ1v) is 5.94. The van der Waals surface area contributed by atoms with Crippen molar-refractivity contribution < 1.29 is 9.53 Å². The minimum atomic E-state index is -0.240. The van der Waals surface area contributed by atoms with Crippen molar-refractivity contribution in [3.8, 4) is 5.75 Å². The summed E-state index contributed by atoms with van der Waals surface area (Å²) in [4.78, 5) is 12.4.